The van der Waals surface area contributed by atoms with E-state index in [2.05, 4.69) is 281 Å². The molecule has 18 rings (SSSR count). The van der Waals surface area contributed by atoms with Crippen LogP contribution in [0, 0.1) is 0 Å². The molecule has 0 unspecified atom stereocenters. The molecule has 16 aromatic rings. The maximum atomic E-state index is 9.26. The second-order valence-corrected chi connectivity index (χ2v) is 23.0. The average Bonchev–Trinajstić information content (AvgIpc) is 0.994. The maximum Gasteiger partial charge on any atom is 0.256 e. The van der Waals surface area contributed by atoms with Crippen molar-refractivity contribution in [1.29, 1.82) is 0 Å². The van der Waals surface area contributed by atoms with E-state index in [4.69, 9.17) is 7.48 Å². The molecule has 13 aromatic carbocycles. The fourth-order valence-corrected chi connectivity index (χ4v) is 14.9. The molecule has 0 radical (unpaired) electrons. The van der Waals surface area contributed by atoms with Gasteiger partial charge in [0.1, 0.15) is 11.5 Å². The molecule has 2 aliphatic rings. The summed E-state index contributed by atoms with van der Waals surface area (Å²) in [6, 6.07) is 95.7. The summed E-state index contributed by atoms with van der Waals surface area (Å²) >= 11 is 1.38. The highest BCUT2D eigenvalue weighted by molar-refractivity contribution is 7.26. The first-order valence-electron chi connectivity index (χ1n) is 30.5. The Hall–Kier alpha value is -10.7. The minimum Gasteiger partial charge on any atom is -0.457 e. The number of anilines is 3. The van der Waals surface area contributed by atoms with Crippen molar-refractivity contribution < 1.29 is 10.2 Å². The fourth-order valence-electron chi connectivity index (χ4n) is 13.8. The summed E-state index contributed by atoms with van der Waals surface area (Å²) in [7, 11) is 0. The van der Waals surface area contributed by atoms with Crippen LogP contribution >= 0.6 is 11.3 Å². The van der Waals surface area contributed by atoms with Crippen LogP contribution in [-0.2, 0) is 0 Å². The molecule has 5 heterocycles. The normalized spacial score (nSPS) is 13.2. The molecule has 0 spiro atoms. The van der Waals surface area contributed by atoms with Gasteiger partial charge in [0, 0.05) is 71.3 Å². The van der Waals surface area contributed by atoms with Crippen LogP contribution < -0.4 is 26.0 Å². The lowest BCUT2D eigenvalue weighted by Gasteiger charge is -2.42. The molecule has 0 bridgehead atoms. The summed E-state index contributed by atoms with van der Waals surface area (Å²) in [4.78, 5) is 2.53. The first-order valence-corrected chi connectivity index (χ1v) is 29.3. The summed E-state index contributed by atoms with van der Waals surface area (Å²) < 4.78 is 49.8. The lowest BCUT2D eigenvalue weighted by atomic mass is 9.34. The second-order valence-electron chi connectivity index (χ2n) is 22.0. The third-order valence-electron chi connectivity index (χ3n) is 17.5. The Kier molecular flexibility index (Phi) is 9.46. The van der Waals surface area contributed by atoms with Gasteiger partial charge in [-0.25, -0.2) is 0 Å². The number of aromatic nitrogens is 2. The van der Waals surface area contributed by atoms with E-state index in [0.717, 1.165) is 132 Å². The van der Waals surface area contributed by atoms with Gasteiger partial charge < -0.3 is 18.8 Å². The van der Waals surface area contributed by atoms with Crippen LogP contribution in [-0.4, -0.2) is 15.8 Å². The molecule has 0 amide bonds. The van der Waals surface area contributed by atoms with E-state index in [-0.39, 0.29) is 30.9 Å². The van der Waals surface area contributed by atoms with Gasteiger partial charge in [-0.2, -0.15) is 0 Å². The van der Waals surface area contributed by atoms with Crippen LogP contribution in [0.2, 0.25) is 0 Å². The van der Waals surface area contributed by atoms with Crippen molar-refractivity contribution in [3.05, 3.63) is 291 Å². The SMILES string of the molecule is [2H]c1c([2H])c([2H])c2c(sc3c4c(ccc32)B2c3ccc(-n5c6ccccc6c6ccccc65)cc3N(c3c(-c5ccccc5)cccc3-c3ccccc3)c3cc(-n5c6ccc(-c7ccccc7)cc6c6cc(-c7ccccc7)ccc65)cc(c32)O4)c1[2H]. The van der Waals surface area contributed by atoms with E-state index in [1.54, 1.807) is 0 Å². The number of benzene rings is 13. The molecular formula is C78H48BN3OS. The number of fused-ring (bicyclic) bond motifs is 14. The lowest BCUT2D eigenvalue weighted by Crippen LogP contribution is -2.59. The van der Waals surface area contributed by atoms with Gasteiger partial charge in [0.25, 0.3) is 6.71 Å². The highest BCUT2D eigenvalue weighted by atomic mass is 32.1. The van der Waals surface area contributed by atoms with Crippen LogP contribution in [0.3, 0.4) is 0 Å². The molecule has 0 fully saturated rings. The van der Waals surface area contributed by atoms with Crippen molar-refractivity contribution in [2.45, 2.75) is 0 Å². The maximum absolute atomic E-state index is 9.26. The summed E-state index contributed by atoms with van der Waals surface area (Å²) in [5.74, 6) is 1.34. The van der Waals surface area contributed by atoms with Crippen molar-refractivity contribution >= 4 is 115 Å². The van der Waals surface area contributed by atoms with Gasteiger partial charge >= 0.3 is 0 Å². The number of thiophene rings is 1. The Morgan fingerprint density at radius 2 is 0.893 bits per heavy atom. The first kappa shape index (κ1) is 43.1. The molecule has 0 saturated heterocycles. The summed E-state index contributed by atoms with van der Waals surface area (Å²) in [5, 5.41) is 5.84. The Balaban J connectivity index is 0.991. The molecule has 0 N–H and O–H groups in total. The highest BCUT2D eigenvalue weighted by Crippen LogP contribution is 2.52. The molecule has 6 heteroatoms. The van der Waals surface area contributed by atoms with Crippen LogP contribution in [0.5, 0.6) is 11.5 Å². The van der Waals surface area contributed by atoms with E-state index in [1.165, 1.54) is 22.1 Å². The Labute approximate surface area is 495 Å². The van der Waals surface area contributed by atoms with Gasteiger partial charge in [0.15, 0.2) is 0 Å². The van der Waals surface area contributed by atoms with Crippen molar-refractivity contribution in [2.75, 3.05) is 4.90 Å². The largest absolute Gasteiger partial charge is 0.457 e. The van der Waals surface area contributed by atoms with Crippen LogP contribution in [0.15, 0.2) is 291 Å². The van der Waals surface area contributed by atoms with E-state index >= 15 is 0 Å². The monoisotopic (exact) mass is 1090 g/mol. The van der Waals surface area contributed by atoms with Crippen molar-refractivity contribution in [1.82, 2.24) is 9.13 Å². The number of nitrogens with zero attached hydrogens (tertiary/aromatic N) is 3. The molecular weight excluding hydrogens is 1040 g/mol. The first-order chi connectivity index (χ1) is 43.3. The van der Waals surface area contributed by atoms with Crippen LogP contribution in [0.1, 0.15) is 5.48 Å². The number of ether oxygens (including phenoxy) is 1. The van der Waals surface area contributed by atoms with E-state index in [1.807, 2.05) is 0 Å². The smallest absolute Gasteiger partial charge is 0.256 e. The summed E-state index contributed by atoms with van der Waals surface area (Å²) in [5.41, 5.74) is 21.1. The van der Waals surface area contributed by atoms with Gasteiger partial charge in [-0.15, -0.1) is 11.3 Å². The van der Waals surface area contributed by atoms with Gasteiger partial charge in [-0.3, -0.25) is 0 Å². The van der Waals surface area contributed by atoms with Crippen molar-refractivity contribution in [3.63, 3.8) is 0 Å². The van der Waals surface area contributed by atoms with Gasteiger partial charge in [0.2, 0.25) is 0 Å². The average molecular weight is 1090 g/mol. The molecule has 0 aliphatic carbocycles. The van der Waals surface area contributed by atoms with Gasteiger partial charge in [0.05, 0.1) is 43.6 Å². The van der Waals surface area contributed by atoms with Crippen molar-refractivity contribution in [3.8, 4) is 67.4 Å². The number of rotatable bonds is 7. The van der Waals surface area contributed by atoms with Gasteiger partial charge in [-0.1, -0.05) is 224 Å². The molecule has 3 aromatic heterocycles. The van der Waals surface area contributed by atoms with Crippen molar-refractivity contribution in [2.24, 2.45) is 0 Å². The number of hydrogen-bond donors (Lipinski definition) is 0. The minimum absolute atomic E-state index is 0.0496. The van der Waals surface area contributed by atoms with Crippen LogP contribution in [0.25, 0.3) is 120 Å². The molecule has 390 valence electrons. The van der Waals surface area contributed by atoms with E-state index in [9.17, 15) is 2.74 Å². The molecule has 84 heavy (non-hydrogen) atoms. The molecule has 2 aliphatic heterocycles. The Morgan fingerprint density at radius 1 is 0.369 bits per heavy atom. The minimum atomic E-state index is -0.357. The summed E-state index contributed by atoms with van der Waals surface area (Å²) in [6.07, 6.45) is 0. The zero-order chi connectivity index (χ0) is 58.5. The summed E-state index contributed by atoms with van der Waals surface area (Å²) in [6.45, 7) is -0.357. The van der Waals surface area contributed by atoms with Gasteiger partial charge in [-0.05, 0) is 110 Å². The molecule has 0 saturated carbocycles. The van der Waals surface area contributed by atoms with Crippen LogP contribution in [0.4, 0.5) is 17.1 Å². The third kappa shape index (κ3) is 7.01. The zero-order valence-corrected chi connectivity index (χ0v) is 46.0. The predicted octanol–water partition coefficient (Wildman–Crippen LogP) is 19.3. The number of para-hydroxylation sites is 3. The Bertz CT molecular complexity index is 5400. The Morgan fingerprint density at radius 3 is 1.51 bits per heavy atom. The molecule has 0 atom stereocenters. The standard InChI is InChI=1S/C78H48BN3OS/c1-5-20-49(21-6-1)53-36-42-69-63(44-53)64-45-54(50-22-7-2-8-23-50)37-43-70(64)81(69)56-47-72-75-73(48-56)83-77-66(41-39-62-61-30-15-18-35-74(61)84-78(62)77)79(75)65-40-38-55(80-67-33-16-13-28-59(67)60-29-14-17-34-68(60)80)46-71(65)82(72)76-57(51-24-9-3-10-25-51)31-19-32-58(76)52-26-11-4-12-27-52/h1-48H/i15D,18D,30D,35D. The second kappa shape index (κ2) is 18.4. The van der Waals surface area contributed by atoms with E-state index < -0.39 is 0 Å². The quantitative estimate of drug-likeness (QED) is 0.148. The predicted molar refractivity (Wildman–Crippen MR) is 356 cm³/mol. The fraction of sp³-hybridized carbons (Fsp3) is 0. The van der Waals surface area contributed by atoms with E-state index in [0.29, 0.717) is 21.6 Å². The zero-order valence-electron chi connectivity index (χ0n) is 49.1. The highest BCUT2D eigenvalue weighted by Gasteiger charge is 2.44. The third-order valence-corrected chi connectivity index (χ3v) is 18.6. The number of hydrogen-bond acceptors (Lipinski definition) is 3. The lowest BCUT2D eigenvalue weighted by molar-refractivity contribution is 0.493. The molecule has 4 nitrogen and oxygen atoms in total. The topological polar surface area (TPSA) is 22.3 Å².